The molecule has 6 heteroatoms. The Morgan fingerprint density at radius 1 is 1.16 bits per heavy atom. The minimum Gasteiger partial charge on any atom is -0.466 e. The number of rotatable bonds is 5. The molecule has 1 amide bonds. The second kappa shape index (κ2) is 11.0. The molecule has 0 radical (unpaired) electrons. The van der Waals surface area contributed by atoms with Crippen LogP contribution in [0.4, 0.5) is 4.79 Å². The highest BCUT2D eigenvalue weighted by Crippen LogP contribution is 2.02. The SMILES string of the molecule is CCOC(=O)CCc1ccccc1.NCOC(N)=O. The predicted molar refractivity (Wildman–Crippen MR) is 71.1 cm³/mol. The van der Waals surface area contributed by atoms with E-state index in [1.807, 2.05) is 37.3 Å². The normalized spacial score (nSPS) is 8.95. The van der Waals surface area contributed by atoms with Gasteiger partial charge in [-0.15, -0.1) is 0 Å². The lowest BCUT2D eigenvalue weighted by atomic mass is 10.1. The van der Waals surface area contributed by atoms with Crippen LogP contribution in [0.3, 0.4) is 0 Å². The smallest absolute Gasteiger partial charge is 0.405 e. The lowest BCUT2D eigenvalue weighted by molar-refractivity contribution is -0.143. The molecule has 19 heavy (non-hydrogen) atoms. The zero-order valence-electron chi connectivity index (χ0n) is 11.0. The Bertz CT molecular complexity index is 368. The topological polar surface area (TPSA) is 105 Å². The van der Waals surface area contributed by atoms with Crippen molar-refractivity contribution >= 4 is 12.1 Å². The summed E-state index contributed by atoms with van der Waals surface area (Å²) >= 11 is 0. The van der Waals surface area contributed by atoms with Crippen molar-refractivity contribution in [2.75, 3.05) is 13.3 Å². The van der Waals surface area contributed by atoms with Gasteiger partial charge in [0.1, 0.15) is 6.73 Å². The van der Waals surface area contributed by atoms with Crippen molar-refractivity contribution in [2.24, 2.45) is 11.5 Å². The Kier molecular flexibility index (Phi) is 9.83. The molecule has 1 aromatic rings. The largest absolute Gasteiger partial charge is 0.466 e. The second-order valence-electron chi connectivity index (χ2n) is 3.42. The van der Waals surface area contributed by atoms with Gasteiger partial charge in [0.25, 0.3) is 0 Å². The number of carbonyl (C=O) groups is 2. The Labute approximate surface area is 112 Å². The number of hydrogen-bond donors (Lipinski definition) is 2. The van der Waals surface area contributed by atoms with Crippen LogP contribution < -0.4 is 11.5 Å². The fourth-order valence-electron chi connectivity index (χ4n) is 1.21. The maximum Gasteiger partial charge on any atom is 0.405 e. The Hall–Kier alpha value is -2.08. The number of benzene rings is 1. The van der Waals surface area contributed by atoms with Gasteiger partial charge in [-0.3, -0.25) is 10.5 Å². The molecule has 0 fully saturated rings. The molecule has 0 aliphatic carbocycles. The molecule has 0 saturated heterocycles. The summed E-state index contributed by atoms with van der Waals surface area (Å²) in [6.45, 7) is 2.14. The molecule has 0 aliphatic heterocycles. The summed E-state index contributed by atoms with van der Waals surface area (Å²) in [5.41, 5.74) is 10.3. The van der Waals surface area contributed by atoms with Gasteiger partial charge in [-0.25, -0.2) is 4.79 Å². The molecule has 1 rings (SSSR count). The first-order valence-corrected chi connectivity index (χ1v) is 5.92. The van der Waals surface area contributed by atoms with Crippen LogP contribution in [-0.4, -0.2) is 25.4 Å². The van der Waals surface area contributed by atoms with Gasteiger partial charge < -0.3 is 15.2 Å². The number of aryl methyl sites for hydroxylation is 1. The standard InChI is InChI=1S/C11H14O2.C2H6N2O2/c1-2-13-11(12)9-8-10-6-4-3-5-7-10;3-1-6-2(4)5/h3-7H,2,8-9H2,1H3;1,3H2,(H2,4,5). The van der Waals surface area contributed by atoms with Gasteiger partial charge in [-0.05, 0) is 18.9 Å². The van der Waals surface area contributed by atoms with Crippen LogP contribution in [0.25, 0.3) is 0 Å². The van der Waals surface area contributed by atoms with Gasteiger partial charge in [0.15, 0.2) is 0 Å². The molecule has 4 N–H and O–H groups in total. The van der Waals surface area contributed by atoms with Crippen molar-refractivity contribution in [2.45, 2.75) is 19.8 Å². The lowest BCUT2D eigenvalue weighted by Gasteiger charge is -2.01. The quantitative estimate of drug-likeness (QED) is 0.616. The van der Waals surface area contributed by atoms with E-state index >= 15 is 0 Å². The highest BCUT2D eigenvalue weighted by Gasteiger charge is 2.01. The van der Waals surface area contributed by atoms with Crippen LogP contribution in [0.15, 0.2) is 30.3 Å². The van der Waals surface area contributed by atoms with Crippen LogP contribution in [-0.2, 0) is 20.7 Å². The maximum absolute atomic E-state index is 11.0. The summed E-state index contributed by atoms with van der Waals surface area (Å²) in [5, 5.41) is 0. The first-order chi connectivity index (χ1) is 9.10. The predicted octanol–water partition coefficient (Wildman–Crippen LogP) is 1.18. The lowest BCUT2D eigenvalue weighted by Crippen LogP contribution is -2.17. The van der Waals surface area contributed by atoms with Gasteiger partial charge in [0.05, 0.1) is 6.61 Å². The van der Waals surface area contributed by atoms with E-state index in [0.717, 1.165) is 6.42 Å². The van der Waals surface area contributed by atoms with Crippen molar-refractivity contribution in [1.82, 2.24) is 0 Å². The number of primary amides is 1. The van der Waals surface area contributed by atoms with Crippen molar-refractivity contribution < 1.29 is 19.1 Å². The first-order valence-electron chi connectivity index (χ1n) is 5.92. The summed E-state index contributed by atoms with van der Waals surface area (Å²) in [6, 6.07) is 9.94. The third-order valence-corrected chi connectivity index (χ3v) is 1.99. The molecule has 0 aromatic heterocycles. The van der Waals surface area contributed by atoms with Crippen molar-refractivity contribution in [3.63, 3.8) is 0 Å². The van der Waals surface area contributed by atoms with Crippen molar-refractivity contribution in [3.05, 3.63) is 35.9 Å². The molecule has 0 spiro atoms. The fraction of sp³-hybridized carbons (Fsp3) is 0.385. The Balaban J connectivity index is 0.000000459. The average molecular weight is 268 g/mol. The molecule has 1 aromatic carbocycles. The van der Waals surface area contributed by atoms with Gasteiger partial charge >= 0.3 is 12.1 Å². The van der Waals surface area contributed by atoms with E-state index in [1.165, 1.54) is 5.56 Å². The maximum atomic E-state index is 11.0. The number of nitrogens with two attached hydrogens (primary N) is 2. The zero-order valence-corrected chi connectivity index (χ0v) is 11.0. The number of hydrogen-bond acceptors (Lipinski definition) is 5. The van der Waals surface area contributed by atoms with Crippen LogP contribution >= 0.6 is 0 Å². The summed E-state index contributed by atoms with van der Waals surface area (Å²) in [7, 11) is 0. The third-order valence-electron chi connectivity index (χ3n) is 1.99. The molecule has 0 aliphatic rings. The van der Waals surface area contributed by atoms with E-state index in [2.05, 4.69) is 10.5 Å². The van der Waals surface area contributed by atoms with E-state index in [0.29, 0.717) is 13.0 Å². The second-order valence-corrected chi connectivity index (χ2v) is 3.42. The monoisotopic (exact) mass is 268 g/mol. The Morgan fingerprint density at radius 2 is 1.79 bits per heavy atom. The number of esters is 1. The molecule has 6 nitrogen and oxygen atoms in total. The summed E-state index contributed by atoms with van der Waals surface area (Å²) < 4.78 is 8.78. The van der Waals surface area contributed by atoms with E-state index in [4.69, 9.17) is 10.5 Å². The van der Waals surface area contributed by atoms with Crippen LogP contribution in [0.5, 0.6) is 0 Å². The number of amides is 1. The van der Waals surface area contributed by atoms with Crippen LogP contribution in [0.2, 0.25) is 0 Å². The van der Waals surface area contributed by atoms with Crippen LogP contribution in [0.1, 0.15) is 18.9 Å². The van der Waals surface area contributed by atoms with Crippen molar-refractivity contribution in [3.8, 4) is 0 Å². The molecular formula is C13H20N2O4. The highest BCUT2D eigenvalue weighted by atomic mass is 16.6. The number of carbonyl (C=O) groups excluding carboxylic acids is 2. The third kappa shape index (κ3) is 10.8. The summed E-state index contributed by atoms with van der Waals surface area (Å²) in [5.74, 6) is -0.119. The van der Waals surface area contributed by atoms with Gasteiger partial charge in [0, 0.05) is 6.42 Å². The highest BCUT2D eigenvalue weighted by molar-refractivity contribution is 5.69. The molecule has 0 unspecified atom stereocenters. The van der Waals surface area contributed by atoms with Crippen LogP contribution in [0, 0.1) is 0 Å². The van der Waals surface area contributed by atoms with E-state index in [-0.39, 0.29) is 12.7 Å². The molecular weight excluding hydrogens is 248 g/mol. The van der Waals surface area contributed by atoms with E-state index < -0.39 is 6.09 Å². The van der Waals surface area contributed by atoms with Gasteiger partial charge in [0.2, 0.25) is 0 Å². The Morgan fingerprint density at radius 3 is 2.21 bits per heavy atom. The van der Waals surface area contributed by atoms with Gasteiger partial charge in [-0.1, -0.05) is 30.3 Å². The molecule has 106 valence electrons. The molecule has 0 atom stereocenters. The van der Waals surface area contributed by atoms with Gasteiger partial charge in [-0.2, -0.15) is 0 Å². The molecule has 0 heterocycles. The van der Waals surface area contributed by atoms with E-state index in [1.54, 1.807) is 0 Å². The summed E-state index contributed by atoms with van der Waals surface area (Å²) in [4.78, 5) is 20.5. The average Bonchev–Trinajstić information content (AvgIpc) is 2.38. The van der Waals surface area contributed by atoms with Crippen molar-refractivity contribution in [1.29, 1.82) is 0 Å². The number of ether oxygens (including phenoxy) is 2. The van der Waals surface area contributed by atoms with E-state index in [9.17, 15) is 9.59 Å². The molecule has 0 bridgehead atoms. The summed E-state index contributed by atoms with van der Waals surface area (Å²) in [6.07, 6.45) is 0.398. The first kappa shape index (κ1) is 16.9. The minimum atomic E-state index is -0.836. The minimum absolute atomic E-state index is 0.119. The zero-order chi connectivity index (χ0) is 14.5. The molecule has 0 saturated carbocycles. The fourth-order valence-corrected chi connectivity index (χ4v) is 1.21.